The van der Waals surface area contributed by atoms with Gasteiger partial charge >= 0.3 is 0 Å². The molecular weight excluding hydrogens is 248 g/mol. The van der Waals surface area contributed by atoms with Crippen molar-refractivity contribution < 1.29 is 9.84 Å². The number of hydrogen-bond donors (Lipinski definition) is 1. The molecule has 0 saturated heterocycles. The minimum atomic E-state index is -0.906. The van der Waals surface area contributed by atoms with Crippen LogP contribution in [0.1, 0.15) is 24.4 Å². The maximum atomic E-state index is 10.2. The number of hydrogen-bond acceptors (Lipinski definition) is 5. The first-order valence-electron chi connectivity index (χ1n) is 5.64. The van der Waals surface area contributed by atoms with Crippen molar-refractivity contribution in [2.75, 3.05) is 7.11 Å². The number of methoxy groups -OCH3 is 1. The number of thiazole rings is 1. The molecule has 0 atom stereocenters. The van der Waals surface area contributed by atoms with E-state index in [1.54, 1.807) is 33.4 Å². The van der Waals surface area contributed by atoms with Crippen molar-refractivity contribution in [1.29, 1.82) is 0 Å². The predicted molar refractivity (Wildman–Crippen MR) is 71.3 cm³/mol. The van der Waals surface area contributed by atoms with Gasteiger partial charge in [-0.1, -0.05) is 0 Å². The highest BCUT2D eigenvalue weighted by Gasteiger charge is 2.25. The summed E-state index contributed by atoms with van der Waals surface area (Å²) in [6.07, 6.45) is 3.47. The number of pyridine rings is 1. The third-order valence-electron chi connectivity index (χ3n) is 2.46. The van der Waals surface area contributed by atoms with Crippen molar-refractivity contribution in [3.8, 4) is 10.6 Å². The van der Waals surface area contributed by atoms with Crippen LogP contribution in [0.15, 0.2) is 24.5 Å². The highest BCUT2D eigenvalue weighted by Crippen LogP contribution is 2.34. The Balaban J connectivity index is 2.46. The highest BCUT2D eigenvalue weighted by atomic mass is 32.1. The summed E-state index contributed by atoms with van der Waals surface area (Å²) < 4.78 is 5.13. The Hall–Kier alpha value is -1.30. The Labute approximate surface area is 110 Å². The fourth-order valence-corrected chi connectivity index (χ4v) is 2.76. The number of aliphatic hydroxyl groups is 1. The second kappa shape index (κ2) is 5.14. The van der Waals surface area contributed by atoms with Crippen LogP contribution in [0.3, 0.4) is 0 Å². The van der Waals surface area contributed by atoms with E-state index in [1.165, 1.54) is 11.3 Å². The first-order chi connectivity index (χ1) is 8.52. The van der Waals surface area contributed by atoms with E-state index in [0.29, 0.717) is 6.61 Å². The Morgan fingerprint density at radius 3 is 2.56 bits per heavy atom. The van der Waals surface area contributed by atoms with Gasteiger partial charge in [-0.2, -0.15) is 0 Å². The van der Waals surface area contributed by atoms with Gasteiger partial charge in [0, 0.05) is 25.1 Å². The molecule has 0 spiro atoms. The van der Waals surface area contributed by atoms with Gasteiger partial charge in [0.15, 0.2) is 0 Å². The van der Waals surface area contributed by atoms with Crippen LogP contribution < -0.4 is 0 Å². The molecule has 0 radical (unpaired) electrons. The molecule has 0 amide bonds. The topological polar surface area (TPSA) is 55.2 Å². The van der Waals surface area contributed by atoms with Crippen LogP contribution in [-0.2, 0) is 16.9 Å². The first-order valence-corrected chi connectivity index (χ1v) is 6.46. The molecule has 4 nitrogen and oxygen atoms in total. The van der Waals surface area contributed by atoms with Gasteiger partial charge in [-0.25, -0.2) is 4.98 Å². The van der Waals surface area contributed by atoms with E-state index in [-0.39, 0.29) is 0 Å². The molecule has 18 heavy (non-hydrogen) atoms. The zero-order valence-electron chi connectivity index (χ0n) is 10.7. The molecule has 0 aliphatic carbocycles. The largest absolute Gasteiger partial charge is 0.385 e. The van der Waals surface area contributed by atoms with E-state index in [0.717, 1.165) is 21.1 Å². The predicted octanol–water partition coefficient (Wildman–Crippen LogP) is 2.58. The van der Waals surface area contributed by atoms with Crippen LogP contribution in [0.25, 0.3) is 10.6 Å². The molecule has 0 aliphatic heterocycles. The van der Waals surface area contributed by atoms with Gasteiger partial charge in [-0.05, 0) is 26.0 Å². The average molecular weight is 264 g/mol. The summed E-state index contributed by atoms with van der Waals surface area (Å²) in [5.74, 6) is 0. The molecule has 0 aromatic carbocycles. The van der Waals surface area contributed by atoms with Gasteiger partial charge in [0.25, 0.3) is 0 Å². The van der Waals surface area contributed by atoms with Crippen molar-refractivity contribution in [3.63, 3.8) is 0 Å². The fraction of sp³-hybridized carbons (Fsp3) is 0.385. The van der Waals surface area contributed by atoms with E-state index < -0.39 is 5.60 Å². The van der Waals surface area contributed by atoms with Crippen molar-refractivity contribution in [3.05, 3.63) is 35.1 Å². The third-order valence-corrected chi connectivity index (χ3v) is 3.92. The lowest BCUT2D eigenvalue weighted by Gasteiger charge is -2.16. The minimum Gasteiger partial charge on any atom is -0.385 e. The van der Waals surface area contributed by atoms with Gasteiger partial charge in [0.2, 0.25) is 0 Å². The molecule has 2 aromatic heterocycles. The molecule has 0 fully saturated rings. The molecule has 2 aromatic rings. The quantitative estimate of drug-likeness (QED) is 0.922. The number of nitrogens with zero attached hydrogens (tertiary/aromatic N) is 2. The standard InChI is InChI=1S/C13H16N2O2S/c1-13(2,16)11-10(8-17-3)15-12(18-11)9-4-6-14-7-5-9/h4-7,16H,8H2,1-3H3. The van der Waals surface area contributed by atoms with Gasteiger partial charge in [-0.15, -0.1) is 11.3 Å². The number of rotatable bonds is 4. The number of aromatic nitrogens is 2. The second-order valence-corrected chi connectivity index (χ2v) is 5.52. The molecule has 2 rings (SSSR count). The first kappa shape index (κ1) is 13.1. The van der Waals surface area contributed by atoms with Crippen LogP contribution in [0.2, 0.25) is 0 Å². The molecule has 2 heterocycles. The molecule has 96 valence electrons. The van der Waals surface area contributed by atoms with Crippen LogP contribution in [-0.4, -0.2) is 22.2 Å². The molecule has 0 saturated carbocycles. The van der Waals surface area contributed by atoms with Crippen molar-refractivity contribution in [1.82, 2.24) is 9.97 Å². The zero-order chi connectivity index (χ0) is 13.2. The molecule has 0 bridgehead atoms. The monoisotopic (exact) mass is 264 g/mol. The van der Waals surface area contributed by atoms with Gasteiger partial charge in [0.1, 0.15) is 5.01 Å². The molecule has 0 aliphatic rings. The summed E-state index contributed by atoms with van der Waals surface area (Å²) in [7, 11) is 1.62. The highest BCUT2D eigenvalue weighted by molar-refractivity contribution is 7.15. The maximum Gasteiger partial charge on any atom is 0.124 e. The van der Waals surface area contributed by atoms with Crippen LogP contribution in [0.5, 0.6) is 0 Å². The van der Waals surface area contributed by atoms with E-state index in [2.05, 4.69) is 9.97 Å². The van der Waals surface area contributed by atoms with Gasteiger partial charge in [-0.3, -0.25) is 4.98 Å². The Kier molecular flexibility index (Phi) is 3.75. The SMILES string of the molecule is COCc1nc(-c2ccncc2)sc1C(C)(C)O. The smallest absolute Gasteiger partial charge is 0.124 e. The third kappa shape index (κ3) is 2.75. The van der Waals surface area contributed by atoms with Gasteiger partial charge in [0.05, 0.1) is 22.8 Å². The summed E-state index contributed by atoms with van der Waals surface area (Å²) in [4.78, 5) is 9.37. The van der Waals surface area contributed by atoms with Crippen molar-refractivity contribution >= 4 is 11.3 Å². The van der Waals surface area contributed by atoms with Crippen molar-refractivity contribution in [2.45, 2.75) is 26.1 Å². The van der Waals surface area contributed by atoms with Crippen LogP contribution in [0, 0.1) is 0 Å². The summed E-state index contributed by atoms with van der Waals surface area (Å²) in [5.41, 5.74) is 0.890. The summed E-state index contributed by atoms with van der Waals surface area (Å²) >= 11 is 1.49. The normalized spacial score (nSPS) is 11.8. The fourth-order valence-electron chi connectivity index (χ4n) is 1.68. The van der Waals surface area contributed by atoms with E-state index in [1.807, 2.05) is 12.1 Å². The lowest BCUT2D eigenvalue weighted by molar-refractivity contribution is 0.0782. The zero-order valence-corrected chi connectivity index (χ0v) is 11.5. The Morgan fingerprint density at radius 2 is 2.00 bits per heavy atom. The molecule has 0 unspecified atom stereocenters. The molecule has 1 N–H and O–H groups in total. The maximum absolute atomic E-state index is 10.2. The van der Waals surface area contributed by atoms with E-state index in [4.69, 9.17) is 4.74 Å². The minimum absolute atomic E-state index is 0.404. The Bertz CT molecular complexity index is 518. The summed E-state index contributed by atoms with van der Waals surface area (Å²) in [5, 5.41) is 11.0. The lowest BCUT2D eigenvalue weighted by atomic mass is 10.1. The van der Waals surface area contributed by atoms with E-state index >= 15 is 0 Å². The van der Waals surface area contributed by atoms with E-state index in [9.17, 15) is 5.11 Å². The Morgan fingerprint density at radius 1 is 1.33 bits per heavy atom. The average Bonchev–Trinajstić information content (AvgIpc) is 2.75. The number of ether oxygens (including phenoxy) is 1. The summed E-state index contributed by atoms with van der Waals surface area (Å²) in [6, 6.07) is 3.81. The van der Waals surface area contributed by atoms with Crippen LogP contribution in [0.4, 0.5) is 0 Å². The second-order valence-electron chi connectivity index (χ2n) is 4.52. The van der Waals surface area contributed by atoms with Gasteiger partial charge < -0.3 is 9.84 Å². The molecular formula is C13H16N2O2S. The lowest BCUT2D eigenvalue weighted by Crippen LogP contribution is -2.16. The van der Waals surface area contributed by atoms with Crippen LogP contribution >= 0.6 is 11.3 Å². The van der Waals surface area contributed by atoms with Crippen molar-refractivity contribution in [2.24, 2.45) is 0 Å². The molecule has 5 heteroatoms. The summed E-state index contributed by atoms with van der Waals surface area (Å²) in [6.45, 7) is 3.92.